The Kier molecular flexibility index (Phi) is 3.27. The monoisotopic (exact) mass is 316 g/mol. The summed E-state index contributed by atoms with van der Waals surface area (Å²) in [5.74, 6) is -0.210. The molecule has 1 aliphatic rings. The molecule has 1 aliphatic heterocycles. The number of amides is 3. The molecule has 4 nitrogen and oxygen atoms in total. The number of hydrogen-bond donors (Lipinski definition) is 1. The van der Waals surface area contributed by atoms with Gasteiger partial charge in [0.25, 0.3) is 5.91 Å². The van der Waals surface area contributed by atoms with Gasteiger partial charge in [-0.05, 0) is 40.7 Å². The van der Waals surface area contributed by atoms with E-state index in [4.69, 9.17) is 0 Å². The highest BCUT2D eigenvalue weighted by Crippen LogP contribution is 2.31. The molecule has 0 spiro atoms. The van der Waals surface area contributed by atoms with E-state index in [-0.39, 0.29) is 11.9 Å². The van der Waals surface area contributed by atoms with Crippen LogP contribution in [-0.2, 0) is 11.3 Å². The third kappa shape index (κ3) is 1.99. The first-order valence-corrected chi connectivity index (χ1v) is 7.01. The molecule has 3 amide bonds. The van der Waals surface area contributed by atoms with Crippen molar-refractivity contribution in [1.29, 1.82) is 0 Å². The molecule has 1 saturated heterocycles. The summed E-state index contributed by atoms with van der Waals surface area (Å²) in [6, 6.07) is 1.64. The third-order valence-electron chi connectivity index (χ3n) is 3.23. The number of thiophene rings is 1. The Morgan fingerprint density at radius 3 is 2.76 bits per heavy atom. The number of hydrogen-bond acceptors (Lipinski definition) is 3. The van der Waals surface area contributed by atoms with Gasteiger partial charge in [0.2, 0.25) is 0 Å². The van der Waals surface area contributed by atoms with Crippen LogP contribution in [-0.4, -0.2) is 22.4 Å². The van der Waals surface area contributed by atoms with Crippen molar-refractivity contribution in [2.24, 2.45) is 0 Å². The fraction of sp³-hybridized carbons (Fsp3) is 0.455. The van der Waals surface area contributed by atoms with Crippen molar-refractivity contribution in [3.8, 4) is 0 Å². The van der Waals surface area contributed by atoms with Gasteiger partial charge in [0.05, 0.1) is 6.54 Å². The van der Waals surface area contributed by atoms with Crippen LogP contribution < -0.4 is 5.32 Å². The van der Waals surface area contributed by atoms with E-state index < -0.39 is 5.54 Å². The molecule has 6 heteroatoms. The highest BCUT2D eigenvalue weighted by molar-refractivity contribution is 9.10. The second-order valence-corrected chi connectivity index (χ2v) is 6.02. The van der Waals surface area contributed by atoms with Gasteiger partial charge in [-0.2, -0.15) is 0 Å². The molecule has 17 heavy (non-hydrogen) atoms. The van der Waals surface area contributed by atoms with Crippen molar-refractivity contribution in [3.05, 3.63) is 20.8 Å². The van der Waals surface area contributed by atoms with E-state index in [1.165, 1.54) is 0 Å². The average Bonchev–Trinajstić information content (AvgIpc) is 2.78. The van der Waals surface area contributed by atoms with E-state index in [2.05, 4.69) is 21.2 Å². The van der Waals surface area contributed by atoms with Crippen LogP contribution in [0.15, 0.2) is 15.9 Å². The van der Waals surface area contributed by atoms with Gasteiger partial charge < -0.3 is 4.90 Å². The van der Waals surface area contributed by atoms with E-state index in [0.29, 0.717) is 13.0 Å². The standard InChI is InChI=1S/C11H13BrN2O2S/c1-3-11(2)9(15)13-10(16)14(11)6-8-7(12)4-5-17-8/h4-5H,3,6H2,1-2H3,(H,13,15,16). The van der Waals surface area contributed by atoms with Crippen molar-refractivity contribution in [2.75, 3.05) is 0 Å². The maximum atomic E-state index is 11.8. The lowest BCUT2D eigenvalue weighted by Crippen LogP contribution is -2.45. The molecule has 1 N–H and O–H groups in total. The highest BCUT2D eigenvalue weighted by atomic mass is 79.9. The predicted molar refractivity (Wildman–Crippen MR) is 69.8 cm³/mol. The fourth-order valence-electron chi connectivity index (χ4n) is 1.83. The molecule has 0 saturated carbocycles. The van der Waals surface area contributed by atoms with Crippen LogP contribution in [0.4, 0.5) is 4.79 Å². The largest absolute Gasteiger partial charge is 0.325 e. The maximum absolute atomic E-state index is 11.8. The van der Waals surface area contributed by atoms with E-state index in [0.717, 1.165) is 9.35 Å². The van der Waals surface area contributed by atoms with Crippen molar-refractivity contribution < 1.29 is 9.59 Å². The summed E-state index contributed by atoms with van der Waals surface area (Å²) in [4.78, 5) is 26.2. The summed E-state index contributed by atoms with van der Waals surface area (Å²) in [5, 5.41) is 4.33. The Labute approximate surface area is 112 Å². The minimum Gasteiger partial charge on any atom is -0.305 e. The van der Waals surface area contributed by atoms with Gasteiger partial charge in [-0.25, -0.2) is 4.79 Å². The zero-order chi connectivity index (χ0) is 12.6. The molecule has 1 unspecified atom stereocenters. The molecule has 92 valence electrons. The van der Waals surface area contributed by atoms with Gasteiger partial charge in [-0.15, -0.1) is 11.3 Å². The normalized spacial score (nSPS) is 24.3. The van der Waals surface area contributed by atoms with E-state index >= 15 is 0 Å². The number of halogens is 1. The molecule has 0 aliphatic carbocycles. The highest BCUT2D eigenvalue weighted by Gasteiger charge is 2.47. The summed E-state index contributed by atoms with van der Waals surface area (Å²) in [7, 11) is 0. The molecule has 1 atom stereocenters. The zero-order valence-electron chi connectivity index (χ0n) is 9.62. The van der Waals surface area contributed by atoms with Crippen LogP contribution in [0.3, 0.4) is 0 Å². The first-order valence-electron chi connectivity index (χ1n) is 5.34. The lowest BCUT2D eigenvalue weighted by molar-refractivity contribution is -0.126. The molecule has 0 aromatic carbocycles. The molecule has 0 radical (unpaired) electrons. The predicted octanol–water partition coefficient (Wildman–Crippen LogP) is 2.73. The summed E-state index contributed by atoms with van der Waals surface area (Å²) in [6.45, 7) is 4.17. The van der Waals surface area contributed by atoms with E-state index in [1.54, 1.807) is 23.2 Å². The Hall–Kier alpha value is -0.880. The fourth-order valence-corrected chi connectivity index (χ4v) is 3.29. The first-order chi connectivity index (χ1) is 7.99. The number of nitrogens with zero attached hydrogens (tertiary/aromatic N) is 1. The summed E-state index contributed by atoms with van der Waals surface area (Å²) >= 11 is 5.01. The third-order valence-corrected chi connectivity index (χ3v) is 5.14. The molecule has 0 bridgehead atoms. The Morgan fingerprint density at radius 2 is 2.24 bits per heavy atom. The van der Waals surface area contributed by atoms with Gasteiger partial charge >= 0.3 is 6.03 Å². The lowest BCUT2D eigenvalue weighted by atomic mass is 9.97. The molecule has 1 aromatic rings. The SMILES string of the molecule is CCC1(C)C(=O)NC(=O)N1Cc1sccc1Br. The van der Waals surface area contributed by atoms with Crippen LogP contribution >= 0.6 is 27.3 Å². The number of imide groups is 1. The van der Waals surface area contributed by atoms with Crippen molar-refractivity contribution in [1.82, 2.24) is 10.2 Å². The van der Waals surface area contributed by atoms with E-state index in [1.807, 2.05) is 18.4 Å². The smallest absolute Gasteiger partial charge is 0.305 e. The second-order valence-electron chi connectivity index (χ2n) is 4.16. The van der Waals surface area contributed by atoms with Crippen LogP contribution in [0.25, 0.3) is 0 Å². The minimum atomic E-state index is -0.736. The Balaban J connectivity index is 2.28. The van der Waals surface area contributed by atoms with Crippen molar-refractivity contribution in [3.63, 3.8) is 0 Å². The topological polar surface area (TPSA) is 49.4 Å². The quantitative estimate of drug-likeness (QED) is 0.872. The molecule has 1 aromatic heterocycles. The van der Waals surface area contributed by atoms with Gasteiger partial charge in [0.15, 0.2) is 0 Å². The van der Waals surface area contributed by atoms with Crippen LogP contribution in [0.2, 0.25) is 0 Å². The Morgan fingerprint density at radius 1 is 1.53 bits per heavy atom. The van der Waals surface area contributed by atoms with Crippen LogP contribution in [0.1, 0.15) is 25.1 Å². The molecule has 2 heterocycles. The maximum Gasteiger partial charge on any atom is 0.325 e. The summed E-state index contributed by atoms with van der Waals surface area (Å²) < 4.78 is 0.980. The number of rotatable bonds is 3. The molecule has 1 fully saturated rings. The van der Waals surface area contributed by atoms with Crippen LogP contribution in [0, 0.1) is 0 Å². The first kappa shape index (κ1) is 12.6. The van der Waals surface area contributed by atoms with Crippen molar-refractivity contribution >= 4 is 39.2 Å². The zero-order valence-corrected chi connectivity index (χ0v) is 12.0. The summed E-state index contributed by atoms with van der Waals surface area (Å²) in [5.41, 5.74) is -0.736. The number of nitrogens with one attached hydrogen (secondary N) is 1. The van der Waals surface area contributed by atoms with E-state index in [9.17, 15) is 9.59 Å². The van der Waals surface area contributed by atoms with Crippen LogP contribution in [0.5, 0.6) is 0 Å². The number of urea groups is 1. The molecular formula is C11H13BrN2O2S. The number of carbonyl (C=O) groups excluding carboxylic acids is 2. The molecular weight excluding hydrogens is 304 g/mol. The lowest BCUT2D eigenvalue weighted by Gasteiger charge is -2.30. The average molecular weight is 317 g/mol. The number of carbonyl (C=O) groups is 2. The van der Waals surface area contributed by atoms with Gasteiger partial charge in [-0.1, -0.05) is 6.92 Å². The van der Waals surface area contributed by atoms with Gasteiger partial charge in [0, 0.05) is 9.35 Å². The van der Waals surface area contributed by atoms with Gasteiger partial charge in [-0.3, -0.25) is 10.1 Å². The molecule has 2 rings (SSSR count). The van der Waals surface area contributed by atoms with Gasteiger partial charge in [0.1, 0.15) is 5.54 Å². The van der Waals surface area contributed by atoms with Crippen molar-refractivity contribution in [2.45, 2.75) is 32.4 Å². The Bertz CT molecular complexity index is 474. The summed E-state index contributed by atoms with van der Waals surface area (Å²) in [6.07, 6.45) is 0.605. The second kappa shape index (κ2) is 4.42. The minimum absolute atomic E-state index is 0.210.